The van der Waals surface area contributed by atoms with Crippen LogP contribution in [0.15, 0.2) is 48.2 Å². The van der Waals surface area contributed by atoms with Crippen molar-refractivity contribution in [2.45, 2.75) is 69.6 Å². The second kappa shape index (κ2) is 8.91. The van der Waals surface area contributed by atoms with E-state index in [1.54, 1.807) is 6.20 Å². The fourth-order valence-electron chi connectivity index (χ4n) is 4.50. The maximum absolute atomic E-state index is 6.20. The van der Waals surface area contributed by atoms with Crippen molar-refractivity contribution in [3.8, 4) is 17.3 Å². The van der Waals surface area contributed by atoms with E-state index < -0.39 is 0 Å². The number of nitrogens with zero attached hydrogens (tertiary/aromatic N) is 4. The molecule has 0 radical (unpaired) electrons. The minimum Gasteiger partial charge on any atom is -0.474 e. The first-order valence-corrected chi connectivity index (χ1v) is 10.7. The van der Waals surface area contributed by atoms with Crippen LogP contribution in [0, 0.1) is 0 Å². The number of aromatic nitrogens is 3. The molecule has 1 aliphatic heterocycles. The number of hydrogen-bond acceptors (Lipinski definition) is 6. The lowest BCUT2D eigenvalue weighted by molar-refractivity contribution is -0.0250. The van der Waals surface area contributed by atoms with Gasteiger partial charge in [0.1, 0.15) is 6.10 Å². The lowest BCUT2D eigenvalue weighted by atomic mass is 9.78. The van der Waals surface area contributed by atoms with E-state index in [2.05, 4.69) is 33.2 Å². The van der Waals surface area contributed by atoms with Crippen molar-refractivity contribution < 1.29 is 9.26 Å². The second-order valence-corrected chi connectivity index (χ2v) is 8.13. The van der Waals surface area contributed by atoms with Gasteiger partial charge in [-0.1, -0.05) is 23.7 Å². The second-order valence-electron chi connectivity index (χ2n) is 8.13. The van der Waals surface area contributed by atoms with E-state index in [0.29, 0.717) is 24.1 Å². The maximum atomic E-state index is 6.20. The van der Waals surface area contributed by atoms with Gasteiger partial charge in [0, 0.05) is 18.3 Å². The van der Waals surface area contributed by atoms with Gasteiger partial charge in [0.2, 0.25) is 17.6 Å². The smallest absolute Gasteiger partial charge is 0.241 e. The van der Waals surface area contributed by atoms with Gasteiger partial charge in [-0.15, -0.1) is 13.2 Å². The highest BCUT2D eigenvalue weighted by molar-refractivity contribution is 5.60. The molecule has 0 unspecified atom stereocenters. The predicted molar refractivity (Wildman–Crippen MR) is 112 cm³/mol. The van der Waals surface area contributed by atoms with Gasteiger partial charge < -0.3 is 9.26 Å². The third kappa shape index (κ3) is 4.27. The zero-order valence-electron chi connectivity index (χ0n) is 17.1. The van der Waals surface area contributed by atoms with E-state index in [1.807, 2.05) is 24.3 Å². The normalized spacial score (nSPS) is 19.4. The van der Waals surface area contributed by atoms with Crippen LogP contribution in [0.4, 0.5) is 0 Å². The molecule has 1 saturated carbocycles. The molecule has 0 bridgehead atoms. The summed E-state index contributed by atoms with van der Waals surface area (Å²) in [5.41, 5.74) is 0.877. The highest BCUT2D eigenvalue weighted by Gasteiger charge is 2.43. The Balaban J connectivity index is 1.48. The molecule has 29 heavy (non-hydrogen) atoms. The minimum atomic E-state index is 0.0850. The standard InChI is InChI=1S/C23H30N4O2/c1-3-12-23(13-4-2)14-16-27(23)17-20-25-21(26-29-20)19-11-8-15-24-22(19)28-18-9-6-5-7-10-18/h3-4,8,11,15,18H,1-2,5-7,9-10,12-14,16-17H2. The molecule has 2 fully saturated rings. The van der Waals surface area contributed by atoms with Gasteiger partial charge in [-0.25, -0.2) is 4.98 Å². The summed E-state index contributed by atoms with van der Waals surface area (Å²) in [6.07, 6.45) is 14.8. The van der Waals surface area contributed by atoms with Crippen LogP contribution in [-0.4, -0.2) is 38.2 Å². The summed E-state index contributed by atoms with van der Waals surface area (Å²) in [5, 5.41) is 4.22. The van der Waals surface area contributed by atoms with Crippen molar-refractivity contribution in [3.05, 3.63) is 49.5 Å². The van der Waals surface area contributed by atoms with Crippen LogP contribution in [0.1, 0.15) is 57.3 Å². The minimum absolute atomic E-state index is 0.0850. The van der Waals surface area contributed by atoms with Crippen LogP contribution in [0.25, 0.3) is 11.4 Å². The molecule has 2 aromatic heterocycles. The van der Waals surface area contributed by atoms with Gasteiger partial charge in [0.15, 0.2) is 0 Å². The van der Waals surface area contributed by atoms with Crippen LogP contribution in [-0.2, 0) is 6.54 Å². The largest absolute Gasteiger partial charge is 0.474 e. The molecule has 2 aliphatic rings. The van der Waals surface area contributed by atoms with E-state index in [9.17, 15) is 0 Å². The number of ether oxygens (including phenoxy) is 1. The molecule has 1 aliphatic carbocycles. The summed E-state index contributed by atoms with van der Waals surface area (Å²) in [5.74, 6) is 1.76. The highest BCUT2D eigenvalue weighted by Crippen LogP contribution is 2.39. The summed E-state index contributed by atoms with van der Waals surface area (Å²) in [7, 11) is 0. The van der Waals surface area contributed by atoms with E-state index >= 15 is 0 Å². The average Bonchev–Trinajstić information content (AvgIpc) is 3.21. The molecule has 2 aromatic rings. The van der Waals surface area contributed by atoms with Crippen molar-refractivity contribution >= 4 is 0 Å². The molecular weight excluding hydrogens is 364 g/mol. The van der Waals surface area contributed by atoms with Gasteiger partial charge in [-0.2, -0.15) is 4.98 Å². The number of pyridine rings is 1. The first-order valence-electron chi connectivity index (χ1n) is 10.7. The zero-order valence-corrected chi connectivity index (χ0v) is 17.1. The van der Waals surface area contributed by atoms with Crippen LogP contribution >= 0.6 is 0 Å². The van der Waals surface area contributed by atoms with Crippen LogP contribution in [0.2, 0.25) is 0 Å². The van der Waals surface area contributed by atoms with Crippen molar-refractivity contribution in [3.63, 3.8) is 0 Å². The molecule has 154 valence electrons. The fraction of sp³-hybridized carbons (Fsp3) is 0.522. The molecule has 1 saturated heterocycles. The van der Waals surface area contributed by atoms with E-state index in [-0.39, 0.29) is 11.6 Å². The van der Waals surface area contributed by atoms with Crippen molar-refractivity contribution in [2.75, 3.05) is 6.54 Å². The lowest BCUT2D eigenvalue weighted by Gasteiger charge is -2.52. The molecule has 0 spiro atoms. The van der Waals surface area contributed by atoms with Gasteiger partial charge in [0.05, 0.1) is 12.1 Å². The Labute approximate surface area is 172 Å². The first kappa shape index (κ1) is 19.8. The van der Waals surface area contributed by atoms with E-state index in [4.69, 9.17) is 9.26 Å². The number of rotatable bonds is 9. The van der Waals surface area contributed by atoms with Gasteiger partial charge in [0.25, 0.3) is 0 Å². The molecule has 4 rings (SSSR count). The van der Waals surface area contributed by atoms with Crippen LogP contribution in [0.3, 0.4) is 0 Å². The lowest BCUT2D eigenvalue weighted by Crippen LogP contribution is -2.58. The van der Waals surface area contributed by atoms with Crippen molar-refractivity contribution in [1.29, 1.82) is 0 Å². The molecule has 6 nitrogen and oxygen atoms in total. The third-order valence-corrected chi connectivity index (χ3v) is 6.20. The Hall–Kier alpha value is -2.47. The average molecular weight is 395 g/mol. The molecule has 0 aromatic carbocycles. The summed E-state index contributed by atoms with van der Waals surface area (Å²) >= 11 is 0. The highest BCUT2D eigenvalue weighted by atomic mass is 16.5. The fourth-order valence-corrected chi connectivity index (χ4v) is 4.50. The quantitative estimate of drug-likeness (QED) is 0.561. The van der Waals surface area contributed by atoms with Gasteiger partial charge in [-0.05, 0) is 57.1 Å². The summed E-state index contributed by atoms with van der Waals surface area (Å²) < 4.78 is 11.8. The Morgan fingerprint density at radius 3 is 2.69 bits per heavy atom. The summed E-state index contributed by atoms with van der Waals surface area (Å²) in [6.45, 7) is 9.49. The van der Waals surface area contributed by atoms with Crippen LogP contribution in [0.5, 0.6) is 5.88 Å². The molecule has 6 heteroatoms. The van der Waals surface area contributed by atoms with Crippen LogP contribution < -0.4 is 4.74 Å². The van der Waals surface area contributed by atoms with Crippen molar-refractivity contribution in [1.82, 2.24) is 20.0 Å². The zero-order chi connectivity index (χ0) is 20.1. The molecule has 0 N–H and O–H groups in total. The number of likely N-dealkylation sites (tertiary alicyclic amines) is 1. The Morgan fingerprint density at radius 2 is 2.00 bits per heavy atom. The SMILES string of the molecule is C=CCC1(CC=C)CCN1Cc1nc(-c2cccnc2OC2CCCCC2)no1. The molecule has 3 heterocycles. The Bertz CT molecular complexity index is 831. The molecule has 0 amide bonds. The predicted octanol–water partition coefficient (Wildman–Crippen LogP) is 4.94. The number of hydrogen-bond donors (Lipinski definition) is 0. The van der Waals surface area contributed by atoms with Gasteiger partial charge in [-0.3, -0.25) is 4.90 Å². The maximum Gasteiger partial charge on any atom is 0.241 e. The van der Waals surface area contributed by atoms with E-state index in [0.717, 1.165) is 44.2 Å². The monoisotopic (exact) mass is 394 g/mol. The summed E-state index contributed by atoms with van der Waals surface area (Å²) in [4.78, 5) is 11.5. The Kier molecular flexibility index (Phi) is 6.09. The van der Waals surface area contributed by atoms with Crippen molar-refractivity contribution in [2.24, 2.45) is 0 Å². The summed E-state index contributed by atoms with van der Waals surface area (Å²) in [6, 6.07) is 3.83. The van der Waals surface area contributed by atoms with Gasteiger partial charge >= 0.3 is 0 Å². The molecule has 0 atom stereocenters. The Morgan fingerprint density at radius 1 is 1.21 bits per heavy atom. The molecular formula is C23H30N4O2. The van der Waals surface area contributed by atoms with E-state index in [1.165, 1.54) is 19.3 Å². The third-order valence-electron chi connectivity index (χ3n) is 6.20. The topological polar surface area (TPSA) is 64.3 Å². The first-order chi connectivity index (χ1) is 14.2.